The van der Waals surface area contributed by atoms with Gasteiger partial charge in [-0.05, 0) is 96.9 Å². The molecule has 2 aliphatic heterocycles. The first-order chi connectivity index (χ1) is 30.6. The van der Waals surface area contributed by atoms with E-state index in [2.05, 4.69) is 57.5 Å². The van der Waals surface area contributed by atoms with Crippen LogP contribution in [0.3, 0.4) is 0 Å². The number of imidazole rings is 2. The Kier molecular flexibility index (Phi) is 11.6. The number of fused-ring (bicyclic) bond motifs is 6. The number of H-pyrrole nitrogens is 2. The highest BCUT2D eigenvalue weighted by Gasteiger charge is 2.39. The van der Waals surface area contributed by atoms with Crippen LogP contribution in [0.15, 0.2) is 79.5 Å². The highest BCUT2D eigenvalue weighted by Crippen LogP contribution is 2.45. The van der Waals surface area contributed by atoms with Crippen LogP contribution in [0.2, 0.25) is 0 Å². The largest absolute Gasteiger partial charge is 0.488 e. The summed E-state index contributed by atoms with van der Waals surface area (Å²) in [6.45, 7) is 9.36. The van der Waals surface area contributed by atoms with Crippen molar-refractivity contribution in [2.75, 3.05) is 20.2 Å². The summed E-state index contributed by atoms with van der Waals surface area (Å²) in [5.41, 5.74) is 9.89. The average molecular weight is 851 g/mol. The normalized spacial score (nSPS) is 17.0. The number of ether oxygens (including phenoxy) is 2. The number of methoxy groups -OCH3 is 1. The zero-order valence-electron chi connectivity index (χ0n) is 36.0. The molecular weight excluding hydrogens is 797 g/mol. The lowest BCUT2D eigenvalue weighted by Gasteiger charge is -2.30. The van der Waals surface area contributed by atoms with E-state index in [0.717, 1.165) is 101 Å². The third kappa shape index (κ3) is 8.46. The summed E-state index contributed by atoms with van der Waals surface area (Å²) in [6.07, 6.45) is 8.50. The first kappa shape index (κ1) is 41.6. The highest BCUT2D eigenvalue weighted by molar-refractivity contribution is 5.90. The number of nitrogens with one attached hydrogen (secondary N) is 4. The Labute approximate surface area is 366 Å². The summed E-state index contributed by atoms with van der Waals surface area (Å²) >= 11 is 0. The van der Waals surface area contributed by atoms with Gasteiger partial charge in [0.15, 0.2) is 0 Å². The molecule has 3 atom stereocenters. The number of amides is 4. The van der Waals surface area contributed by atoms with E-state index in [0.29, 0.717) is 31.9 Å². The predicted molar refractivity (Wildman–Crippen MR) is 237 cm³/mol. The Morgan fingerprint density at radius 3 is 2.57 bits per heavy atom. The van der Waals surface area contributed by atoms with Crippen LogP contribution >= 0.6 is 0 Å². The Morgan fingerprint density at radius 1 is 0.984 bits per heavy atom. The molecule has 5 aromatic rings. The van der Waals surface area contributed by atoms with Crippen LogP contribution in [0.4, 0.5) is 4.79 Å². The molecule has 14 heteroatoms. The van der Waals surface area contributed by atoms with Crippen molar-refractivity contribution in [3.05, 3.63) is 114 Å². The fourth-order valence-corrected chi connectivity index (χ4v) is 9.13. The van der Waals surface area contributed by atoms with Crippen LogP contribution in [0, 0.1) is 11.8 Å². The molecule has 0 spiro atoms. The first-order valence-corrected chi connectivity index (χ1v) is 22.1. The van der Waals surface area contributed by atoms with Crippen molar-refractivity contribution < 1.29 is 28.7 Å². The van der Waals surface area contributed by atoms with Gasteiger partial charge >= 0.3 is 6.09 Å². The van der Waals surface area contributed by atoms with Gasteiger partial charge in [0.25, 0.3) is 0 Å². The standard InChI is InChI=1S/C49H54N8O6/c1-5-6-20-56(47(59)43(29-11-8-7-9-12-29)54-46(58)30-14-15-30)26-41-50-25-38(51-41)32-16-18-34-33(22-32)27-63-40-24-35-31(23-36(34)40)17-19-37-44(35)53-45(52-37)39-13-10-21-57(39)48(60)42(28(2)3)55-49(61)62-4/h5,7-9,11-12,16,18,22-25,28,30,39,42-43H,1,6,10,13-15,17,19-21,26-27H2,2-4H3,(H,50,51)(H,52,53)(H,54,58)(H,55,61)/t39-,42-,43+/m0/s1. The van der Waals surface area contributed by atoms with E-state index >= 15 is 0 Å². The zero-order valence-corrected chi connectivity index (χ0v) is 36.0. The molecule has 0 radical (unpaired) electrons. The van der Waals surface area contributed by atoms with Crippen molar-refractivity contribution in [1.82, 2.24) is 40.4 Å². The molecule has 4 heterocycles. The number of aromatic nitrogens is 4. The molecule has 1 saturated heterocycles. The van der Waals surface area contributed by atoms with E-state index in [1.807, 2.05) is 49.1 Å². The topological polar surface area (TPSA) is 175 Å². The maximum Gasteiger partial charge on any atom is 0.407 e. The molecule has 2 fully saturated rings. The van der Waals surface area contributed by atoms with Crippen molar-refractivity contribution >= 4 is 23.8 Å². The third-order valence-electron chi connectivity index (χ3n) is 12.7. The van der Waals surface area contributed by atoms with Crippen LogP contribution in [0.1, 0.15) is 92.1 Å². The third-order valence-corrected chi connectivity index (χ3v) is 12.7. The van der Waals surface area contributed by atoms with Crippen LogP contribution in [0.25, 0.3) is 33.6 Å². The minimum atomic E-state index is -0.798. The van der Waals surface area contributed by atoms with Crippen molar-refractivity contribution in [3.63, 3.8) is 0 Å². The van der Waals surface area contributed by atoms with Crippen LogP contribution in [0.5, 0.6) is 5.75 Å². The number of nitrogens with zero attached hydrogens (tertiary/aromatic N) is 4. The van der Waals surface area contributed by atoms with Crippen molar-refractivity contribution in [3.8, 4) is 39.4 Å². The first-order valence-electron chi connectivity index (χ1n) is 22.1. The minimum Gasteiger partial charge on any atom is -0.488 e. The number of alkyl carbamates (subject to hydrolysis) is 1. The predicted octanol–water partition coefficient (Wildman–Crippen LogP) is 7.34. The van der Waals surface area contributed by atoms with Crippen LogP contribution < -0.4 is 15.4 Å². The lowest BCUT2D eigenvalue weighted by atomic mass is 9.86. The Bertz CT molecular complexity index is 2560. The number of aryl methyl sites for hydroxylation is 2. The molecule has 14 nitrogen and oxygen atoms in total. The number of hydrogen-bond acceptors (Lipinski definition) is 8. The Morgan fingerprint density at radius 2 is 1.81 bits per heavy atom. The van der Waals surface area contributed by atoms with Crippen molar-refractivity contribution in [2.45, 2.75) is 90.1 Å². The van der Waals surface area contributed by atoms with E-state index in [-0.39, 0.29) is 42.1 Å². The monoisotopic (exact) mass is 850 g/mol. The second kappa shape index (κ2) is 17.6. The molecule has 326 valence electrons. The smallest absolute Gasteiger partial charge is 0.407 e. The van der Waals surface area contributed by atoms with E-state index in [1.165, 1.54) is 12.7 Å². The lowest BCUT2D eigenvalue weighted by Crippen LogP contribution is -2.51. The maximum absolute atomic E-state index is 14.2. The molecular formula is C49H54N8O6. The molecule has 0 unspecified atom stereocenters. The fraction of sp³-hybridized carbons (Fsp3) is 0.388. The molecule has 4 amide bonds. The number of hydrogen-bond donors (Lipinski definition) is 4. The van der Waals surface area contributed by atoms with Gasteiger partial charge in [-0.1, -0.05) is 62.4 Å². The molecule has 63 heavy (non-hydrogen) atoms. The molecule has 2 aromatic heterocycles. The number of benzene rings is 3. The van der Waals surface area contributed by atoms with Crippen LogP contribution in [-0.4, -0.2) is 79.8 Å². The summed E-state index contributed by atoms with van der Waals surface area (Å²) in [6, 6.07) is 18.4. The molecule has 4 aliphatic rings. The Balaban J connectivity index is 0.923. The molecule has 4 N–H and O–H groups in total. The lowest BCUT2D eigenvalue weighted by molar-refractivity contribution is -0.137. The second-order valence-corrected chi connectivity index (χ2v) is 17.4. The molecule has 2 aliphatic carbocycles. The summed E-state index contributed by atoms with van der Waals surface area (Å²) in [7, 11) is 1.30. The number of rotatable bonds is 14. The van der Waals surface area contributed by atoms with Gasteiger partial charge in [-0.25, -0.2) is 14.8 Å². The SMILES string of the molecule is C=CCCN(Cc1ncc(-c2ccc3c(c2)COc2cc4c(cc2-3)CCc2[nH]c([C@@H]3CCCN3C(=O)[C@@H](NC(=O)OC)C(C)C)nc2-4)[nH]1)C(=O)[C@H](NC(=O)C1CC1)c1ccccc1. The quantitative estimate of drug-likeness (QED) is 0.0840. The van der Waals surface area contributed by atoms with Gasteiger partial charge in [0.2, 0.25) is 17.7 Å². The second-order valence-electron chi connectivity index (χ2n) is 17.4. The number of likely N-dealkylation sites (tertiary alicyclic amines) is 1. The van der Waals surface area contributed by atoms with E-state index in [1.54, 1.807) is 17.2 Å². The number of carbonyl (C=O) groups is 4. The Hall–Kier alpha value is -6.70. The highest BCUT2D eigenvalue weighted by atomic mass is 16.5. The van der Waals surface area contributed by atoms with E-state index < -0.39 is 18.2 Å². The maximum atomic E-state index is 14.2. The number of aromatic amines is 2. The van der Waals surface area contributed by atoms with Gasteiger partial charge in [-0.3, -0.25) is 14.4 Å². The van der Waals surface area contributed by atoms with Crippen LogP contribution in [-0.2, 0) is 45.1 Å². The van der Waals surface area contributed by atoms with Gasteiger partial charge in [-0.2, -0.15) is 0 Å². The van der Waals surface area contributed by atoms with Gasteiger partial charge in [0.05, 0.1) is 37.3 Å². The van der Waals surface area contributed by atoms with Crippen molar-refractivity contribution in [2.24, 2.45) is 11.8 Å². The summed E-state index contributed by atoms with van der Waals surface area (Å²) in [5, 5.41) is 5.76. The van der Waals surface area contributed by atoms with Gasteiger partial charge < -0.3 is 39.9 Å². The summed E-state index contributed by atoms with van der Waals surface area (Å²) < 4.78 is 11.3. The summed E-state index contributed by atoms with van der Waals surface area (Å²) in [4.78, 5) is 73.4. The minimum absolute atomic E-state index is 0.0312. The molecule has 1 saturated carbocycles. The fourth-order valence-electron chi connectivity index (χ4n) is 9.13. The molecule has 9 rings (SSSR count). The van der Waals surface area contributed by atoms with E-state index in [9.17, 15) is 19.2 Å². The number of carbonyl (C=O) groups excluding carboxylic acids is 4. The van der Waals surface area contributed by atoms with Gasteiger partial charge in [0.1, 0.15) is 36.1 Å². The zero-order chi connectivity index (χ0) is 43.8. The van der Waals surface area contributed by atoms with Gasteiger partial charge in [-0.15, -0.1) is 6.58 Å². The van der Waals surface area contributed by atoms with E-state index in [4.69, 9.17) is 19.4 Å². The summed E-state index contributed by atoms with van der Waals surface area (Å²) in [5.74, 6) is 1.65. The average Bonchev–Trinajstić information content (AvgIpc) is 3.63. The van der Waals surface area contributed by atoms with Gasteiger partial charge in [0, 0.05) is 35.8 Å². The molecule has 3 aromatic carbocycles. The molecule has 0 bridgehead atoms. The van der Waals surface area contributed by atoms with Crippen molar-refractivity contribution in [1.29, 1.82) is 0 Å².